The minimum Gasteiger partial charge on any atom is -0.370 e. The Labute approximate surface area is 90.1 Å². The molecule has 2 aliphatic rings. The predicted molar refractivity (Wildman–Crippen MR) is 62.8 cm³/mol. The summed E-state index contributed by atoms with van der Waals surface area (Å²) in [6.07, 6.45) is 2.47. The average Bonchev–Trinajstić information content (AvgIpc) is 2.45. The number of thioether (sulfide) groups is 1. The summed E-state index contributed by atoms with van der Waals surface area (Å²) < 4.78 is 0. The van der Waals surface area contributed by atoms with Crippen molar-refractivity contribution in [2.24, 2.45) is 10.7 Å². The van der Waals surface area contributed by atoms with Crippen LogP contribution in [0, 0.1) is 0 Å². The average molecular weight is 213 g/mol. The lowest BCUT2D eigenvalue weighted by Crippen LogP contribution is -2.56. The maximum atomic E-state index is 5.95. The van der Waals surface area contributed by atoms with Crippen molar-refractivity contribution in [2.45, 2.75) is 38.3 Å². The molecule has 0 aromatic carbocycles. The van der Waals surface area contributed by atoms with Crippen LogP contribution in [0.2, 0.25) is 0 Å². The number of nitrogens with zero attached hydrogens (tertiary/aromatic N) is 2. The first kappa shape index (κ1) is 10.1. The molecule has 2 aliphatic heterocycles. The predicted octanol–water partition coefficient (Wildman–Crippen LogP) is 1.29. The third-order valence-corrected chi connectivity index (χ3v) is 4.22. The highest BCUT2D eigenvalue weighted by molar-refractivity contribution is 7.99. The molecule has 0 atom stereocenters. The molecule has 0 aromatic rings. The smallest absolute Gasteiger partial charge is 0.192 e. The van der Waals surface area contributed by atoms with E-state index in [4.69, 9.17) is 5.73 Å². The molecule has 0 amide bonds. The summed E-state index contributed by atoms with van der Waals surface area (Å²) in [5.74, 6) is 3.27. The molecular weight excluding hydrogens is 194 g/mol. The zero-order chi connectivity index (χ0) is 10.2. The van der Waals surface area contributed by atoms with Crippen molar-refractivity contribution < 1.29 is 0 Å². The molecule has 2 heterocycles. The van der Waals surface area contributed by atoms with Crippen LogP contribution in [0.1, 0.15) is 26.7 Å². The summed E-state index contributed by atoms with van der Waals surface area (Å²) in [6, 6.07) is 0.476. The molecule has 4 heteroatoms. The Kier molecular flexibility index (Phi) is 2.64. The van der Waals surface area contributed by atoms with Crippen molar-refractivity contribution in [1.29, 1.82) is 0 Å². The van der Waals surface area contributed by atoms with Gasteiger partial charge in [-0.1, -0.05) is 0 Å². The Morgan fingerprint density at radius 1 is 1.43 bits per heavy atom. The minimum absolute atomic E-state index is 0.267. The van der Waals surface area contributed by atoms with Gasteiger partial charge >= 0.3 is 0 Å². The van der Waals surface area contributed by atoms with Gasteiger partial charge in [-0.15, -0.1) is 0 Å². The van der Waals surface area contributed by atoms with Crippen molar-refractivity contribution in [3.8, 4) is 0 Å². The van der Waals surface area contributed by atoms with Gasteiger partial charge in [0.1, 0.15) is 0 Å². The van der Waals surface area contributed by atoms with E-state index < -0.39 is 0 Å². The monoisotopic (exact) mass is 213 g/mol. The standard InChI is InChI=1S/C10H19N3S/c1-8(2)13-9(11)12-7-10(13)3-5-14-6-4-10/h8H,3-7H2,1-2H3,(H2,11,12). The molecule has 1 fully saturated rings. The third kappa shape index (κ3) is 1.49. The molecule has 0 bridgehead atoms. The summed E-state index contributed by atoms with van der Waals surface area (Å²) >= 11 is 2.05. The quantitative estimate of drug-likeness (QED) is 0.713. The Hall–Kier alpha value is -0.380. The van der Waals surface area contributed by atoms with E-state index in [1.165, 1.54) is 24.3 Å². The molecule has 1 spiro atoms. The van der Waals surface area contributed by atoms with Crippen molar-refractivity contribution in [3.63, 3.8) is 0 Å². The number of nitrogens with two attached hydrogens (primary N) is 1. The molecule has 80 valence electrons. The van der Waals surface area contributed by atoms with E-state index in [2.05, 4.69) is 35.5 Å². The Bertz CT molecular complexity index is 244. The van der Waals surface area contributed by atoms with Crippen LogP contribution >= 0.6 is 11.8 Å². The lowest BCUT2D eigenvalue weighted by atomic mass is 9.90. The molecule has 1 saturated heterocycles. The van der Waals surface area contributed by atoms with Crippen LogP contribution in [-0.2, 0) is 0 Å². The maximum absolute atomic E-state index is 5.95. The van der Waals surface area contributed by atoms with Crippen LogP contribution in [0.4, 0.5) is 0 Å². The lowest BCUT2D eigenvalue weighted by Gasteiger charge is -2.44. The zero-order valence-electron chi connectivity index (χ0n) is 8.99. The Morgan fingerprint density at radius 2 is 2.07 bits per heavy atom. The minimum atomic E-state index is 0.267. The summed E-state index contributed by atoms with van der Waals surface area (Å²) in [5.41, 5.74) is 6.22. The molecule has 0 radical (unpaired) electrons. The van der Waals surface area contributed by atoms with E-state index in [1.807, 2.05) is 0 Å². The van der Waals surface area contributed by atoms with Crippen LogP contribution in [0.3, 0.4) is 0 Å². The van der Waals surface area contributed by atoms with Gasteiger partial charge < -0.3 is 10.6 Å². The SMILES string of the molecule is CC(C)N1C(N)=NCC12CCSCC2. The fourth-order valence-electron chi connectivity index (χ4n) is 2.59. The van der Waals surface area contributed by atoms with Crippen molar-refractivity contribution >= 4 is 17.7 Å². The normalized spacial score (nSPS) is 25.9. The number of rotatable bonds is 1. The van der Waals surface area contributed by atoms with Crippen LogP contribution in [0.15, 0.2) is 4.99 Å². The number of guanidine groups is 1. The molecule has 2 N–H and O–H groups in total. The summed E-state index contributed by atoms with van der Waals surface area (Å²) in [6.45, 7) is 5.33. The number of aliphatic imine (C=N–C) groups is 1. The summed E-state index contributed by atoms with van der Waals surface area (Å²) in [4.78, 5) is 6.77. The van der Waals surface area contributed by atoms with Gasteiger partial charge in [-0.05, 0) is 38.2 Å². The van der Waals surface area contributed by atoms with Crippen LogP contribution < -0.4 is 5.73 Å². The van der Waals surface area contributed by atoms with Gasteiger partial charge in [-0.3, -0.25) is 4.99 Å². The van der Waals surface area contributed by atoms with Crippen LogP contribution in [0.25, 0.3) is 0 Å². The summed E-state index contributed by atoms with van der Waals surface area (Å²) in [7, 11) is 0. The highest BCUT2D eigenvalue weighted by Crippen LogP contribution is 2.36. The molecule has 0 aliphatic carbocycles. The molecule has 2 rings (SSSR count). The molecule has 3 nitrogen and oxygen atoms in total. The molecule has 0 aromatic heterocycles. The fourth-order valence-corrected chi connectivity index (χ4v) is 3.84. The Morgan fingerprint density at radius 3 is 2.64 bits per heavy atom. The number of hydrogen-bond acceptors (Lipinski definition) is 4. The zero-order valence-corrected chi connectivity index (χ0v) is 9.81. The van der Waals surface area contributed by atoms with Crippen molar-refractivity contribution in [2.75, 3.05) is 18.1 Å². The van der Waals surface area contributed by atoms with Gasteiger partial charge in [0.05, 0.1) is 12.1 Å². The van der Waals surface area contributed by atoms with Crippen molar-refractivity contribution in [3.05, 3.63) is 0 Å². The second-order valence-electron chi connectivity index (χ2n) is 4.47. The molecule has 14 heavy (non-hydrogen) atoms. The first-order chi connectivity index (χ1) is 6.66. The van der Waals surface area contributed by atoms with Gasteiger partial charge in [-0.25, -0.2) is 0 Å². The van der Waals surface area contributed by atoms with Gasteiger partial charge in [0.2, 0.25) is 0 Å². The van der Waals surface area contributed by atoms with E-state index in [1.54, 1.807) is 0 Å². The van der Waals surface area contributed by atoms with E-state index in [0.717, 1.165) is 12.5 Å². The topological polar surface area (TPSA) is 41.6 Å². The van der Waals surface area contributed by atoms with Gasteiger partial charge in [0.25, 0.3) is 0 Å². The number of hydrogen-bond donors (Lipinski definition) is 1. The largest absolute Gasteiger partial charge is 0.370 e. The van der Waals surface area contributed by atoms with Crippen LogP contribution in [-0.4, -0.2) is 40.5 Å². The lowest BCUT2D eigenvalue weighted by molar-refractivity contribution is 0.152. The van der Waals surface area contributed by atoms with Crippen molar-refractivity contribution in [1.82, 2.24) is 4.90 Å². The van der Waals surface area contributed by atoms with Crippen LogP contribution in [0.5, 0.6) is 0 Å². The van der Waals surface area contributed by atoms with Gasteiger partial charge in [-0.2, -0.15) is 11.8 Å². The fraction of sp³-hybridized carbons (Fsp3) is 0.900. The van der Waals surface area contributed by atoms with E-state index in [9.17, 15) is 0 Å². The molecule has 0 unspecified atom stereocenters. The third-order valence-electron chi connectivity index (χ3n) is 3.23. The molecular formula is C10H19N3S. The molecule has 0 saturated carbocycles. The van der Waals surface area contributed by atoms with Gasteiger partial charge in [0, 0.05) is 6.04 Å². The Balaban J connectivity index is 2.19. The van der Waals surface area contributed by atoms with E-state index in [0.29, 0.717) is 6.04 Å². The van der Waals surface area contributed by atoms with E-state index >= 15 is 0 Å². The second-order valence-corrected chi connectivity index (χ2v) is 5.70. The van der Waals surface area contributed by atoms with Gasteiger partial charge in [0.15, 0.2) is 5.96 Å². The maximum Gasteiger partial charge on any atom is 0.192 e. The second kappa shape index (κ2) is 3.65. The highest BCUT2D eigenvalue weighted by atomic mass is 32.2. The first-order valence-corrected chi connectivity index (χ1v) is 6.48. The summed E-state index contributed by atoms with van der Waals surface area (Å²) in [5, 5.41) is 0. The first-order valence-electron chi connectivity index (χ1n) is 5.33. The highest BCUT2D eigenvalue weighted by Gasteiger charge is 2.43. The van der Waals surface area contributed by atoms with E-state index in [-0.39, 0.29) is 5.54 Å².